The average Bonchev–Trinajstić information content (AvgIpc) is 2.42. The fraction of sp³-hybridized carbons (Fsp3) is 0.533. The Hall–Kier alpha value is -1.42. The molecule has 0 bridgehead atoms. The number of hydrogen-bond acceptors (Lipinski definition) is 2. The number of carbonyl (C=O) groups is 1. The largest absolute Gasteiger partial charge is 0.368 e. The van der Waals surface area contributed by atoms with Gasteiger partial charge in [0, 0.05) is 5.69 Å². The number of benzene rings is 1. The number of ether oxygens (including phenoxy) is 1. The van der Waals surface area contributed by atoms with E-state index in [-0.39, 0.29) is 24.4 Å². The van der Waals surface area contributed by atoms with E-state index < -0.39 is 0 Å². The van der Waals surface area contributed by atoms with Crippen LogP contribution in [0.5, 0.6) is 0 Å². The Morgan fingerprint density at radius 1 is 1.37 bits per heavy atom. The predicted octanol–water partition coefficient (Wildman–Crippen LogP) is 3.42. The third-order valence-electron chi connectivity index (χ3n) is 3.46. The Balaban J connectivity index is 1.78. The van der Waals surface area contributed by atoms with Crippen LogP contribution in [0, 0.1) is 12.7 Å². The molecule has 4 heteroatoms. The van der Waals surface area contributed by atoms with Crippen molar-refractivity contribution in [3.05, 3.63) is 29.6 Å². The maximum absolute atomic E-state index is 13.3. The van der Waals surface area contributed by atoms with E-state index in [9.17, 15) is 9.18 Å². The lowest BCUT2D eigenvalue weighted by Gasteiger charge is -2.21. The van der Waals surface area contributed by atoms with Crippen molar-refractivity contribution >= 4 is 11.6 Å². The summed E-state index contributed by atoms with van der Waals surface area (Å²) in [4.78, 5) is 11.7. The summed E-state index contributed by atoms with van der Waals surface area (Å²) in [6.07, 6.45) is 5.88. The lowest BCUT2D eigenvalue weighted by Crippen LogP contribution is -2.24. The van der Waals surface area contributed by atoms with Crippen molar-refractivity contribution < 1.29 is 13.9 Å². The van der Waals surface area contributed by atoms with Crippen molar-refractivity contribution in [3.8, 4) is 0 Å². The Morgan fingerprint density at radius 3 is 2.79 bits per heavy atom. The van der Waals surface area contributed by atoms with Crippen molar-refractivity contribution in [1.82, 2.24) is 0 Å². The number of rotatable bonds is 4. The number of nitrogens with one attached hydrogen (secondary N) is 1. The van der Waals surface area contributed by atoms with Crippen molar-refractivity contribution in [1.29, 1.82) is 0 Å². The zero-order valence-electron chi connectivity index (χ0n) is 11.2. The Kier molecular flexibility index (Phi) is 4.91. The second-order valence-electron chi connectivity index (χ2n) is 5.08. The van der Waals surface area contributed by atoms with Gasteiger partial charge in [0.2, 0.25) is 5.91 Å². The van der Waals surface area contributed by atoms with Gasteiger partial charge in [-0.1, -0.05) is 25.3 Å². The monoisotopic (exact) mass is 265 g/mol. The maximum Gasteiger partial charge on any atom is 0.250 e. The summed E-state index contributed by atoms with van der Waals surface area (Å²) in [6, 6.07) is 4.66. The van der Waals surface area contributed by atoms with Gasteiger partial charge in [-0.25, -0.2) is 4.39 Å². The molecule has 104 valence electrons. The third kappa shape index (κ3) is 4.31. The Labute approximate surface area is 113 Å². The first-order chi connectivity index (χ1) is 9.15. The minimum Gasteiger partial charge on any atom is -0.368 e. The van der Waals surface area contributed by atoms with E-state index in [1.807, 2.05) is 0 Å². The molecule has 0 heterocycles. The highest BCUT2D eigenvalue weighted by Crippen LogP contribution is 2.20. The van der Waals surface area contributed by atoms with Crippen LogP contribution in [-0.2, 0) is 9.53 Å². The summed E-state index contributed by atoms with van der Waals surface area (Å²) < 4.78 is 18.9. The first-order valence-electron chi connectivity index (χ1n) is 6.83. The van der Waals surface area contributed by atoms with Crippen LogP contribution < -0.4 is 5.32 Å². The van der Waals surface area contributed by atoms with Gasteiger partial charge < -0.3 is 10.1 Å². The molecule has 1 N–H and O–H groups in total. The molecule has 1 amide bonds. The molecule has 0 aliphatic heterocycles. The molecule has 1 saturated carbocycles. The number of aryl methyl sites for hydroxylation is 1. The average molecular weight is 265 g/mol. The van der Waals surface area contributed by atoms with Gasteiger partial charge >= 0.3 is 0 Å². The van der Waals surface area contributed by atoms with Crippen molar-refractivity contribution in [2.24, 2.45) is 0 Å². The number of halogens is 1. The van der Waals surface area contributed by atoms with E-state index in [0.29, 0.717) is 11.3 Å². The van der Waals surface area contributed by atoms with E-state index in [0.717, 1.165) is 12.8 Å². The highest BCUT2D eigenvalue weighted by molar-refractivity contribution is 5.91. The second-order valence-corrected chi connectivity index (χ2v) is 5.08. The van der Waals surface area contributed by atoms with Gasteiger partial charge in [0.1, 0.15) is 12.4 Å². The molecule has 1 fully saturated rings. The van der Waals surface area contributed by atoms with Crippen LogP contribution >= 0.6 is 0 Å². The second kappa shape index (κ2) is 6.66. The molecular weight excluding hydrogens is 245 g/mol. The third-order valence-corrected chi connectivity index (χ3v) is 3.46. The van der Waals surface area contributed by atoms with Gasteiger partial charge in [-0.2, -0.15) is 0 Å². The van der Waals surface area contributed by atoms with Crippen LogP contribution in [-0.4, -0.2) is 18.6 Å². The van der Waals surface area contributed by atoms with E-state index in [4.69, 9.17) is 4.74 Å². The Bertz CT molecular complexity index is 442. The van der Waals surface area contributed by atoms with Crippen LogP contribution in [0.25, 0.3) is 0 Å². The molecule has 1 aliphatic rings. The molecule has 0 atom stereocenters. The molecule has 19 heavy (non-hydrogen) atoms. The lowest BCUT2D eigenvalue weighted by atomic mass is 9.98. The summed E-state index contributed by atoms with van der Waals surface area (Å²) in [5.74, 6) is -0.542. The van der Waals surface area contributed by atoms with Gasteiger partial charge in [-0.3, -0.25) is 4.79 Å². The van der Waals surface area contributed by atoms with Crippen LogP contribution in [0.2, 0.25) is 0 Å². The van der Waals surface area contributed by atoms with Crippen LogP contribution in [0.15, 0.2) is 18.2 Å². The number of hydrogen-bond donors (Lipinski definition) is 1. The summed E-state index contributed by atoms with van der Waals surface area (Å²) in [7, 11) is 0. The molecule has 0 unspecified atom stereocenters. The van der Waals surface area contributed by atoms with Gasteiger partial charge in [0.05, 0.1) is 6.10 Å². The molecule has 2 rings (SSSR count). The quantitative estimate of drug-likeness (QED) is 0.905. The summed E-state index contributed by atoms with van der Waals surface area (Å²) in [5.41, 5.74) is 1.04. The molecule has 0 aromatic heterocycles. The minimum atomic E-state index is -0.314. The van der Waals surface area contributed by atoms with Crippen LogP contribution in [0.1, 0.15) is 37.7 Å². The number of carbonyl (C=O) groups excluding carboxylic acids is 1. The summed E-state index contributed by atoms with van der Waals surface area (Å²) >= 11 is 0. The van der Waals surface area contributed by atoms with E-state index in [1.165, 1.54) is 25.3 Å². The van der Waals surface area contributed by atoms with Crippen molar-refractivity contribution in [2.75, 3.05) is 11.9 Å². The SMILES string of the molecule is Cc1ccc(NC(=O)COC2CCCCC2)cc1F. The molecule has 1 aromatic carbocycles. The van der Waals surface area contributed by atoms with E-state index in [1.54, 1.807) is 19.1 Å². The molecule has 3 nitrogen and oxygen atoms in total. The summed E-state index contributed by atoms with van der Waals surface area (Å²) in [6.45, 7) is 1.73. The topological polar surface area (TPSA) is 38.3 Å². The lowest BCUT2D eigenvalue weighted by molar-refractivity contribution is -0.123. The fourth-order valence-corrected chi connectivity index (χ4v) is 2.29. The van der Waals surface area contributed by atoms with Gasteiger partial charge in [0.15, 0.2) is 0 Å². The summed E-state index contributed by atoms with van der Waals surface area (Å²) in [5, 5.41) is 2.65. The molecular formula is C15H20FNO2. The van der Waals surface area contributed by atoms with Crippen molar-refractivity contribution in [2.45, 2.75) is 45.1 Å². The van der Waals surface area contributed by atoms with Crippen molar-refractivity contribution in [3.63, 3.8) is 0 Å². The van der Waals surface area contributed by atoms with Crippen LogP contribution in [0.4, 0.5) is 10.1 Å². The maximum atomic E-state index is 13.3. The number of amides is 1. The first kappa shape index (κ1) is 14.0. The van der Waals surface area contributed by atoms with Gasteiger partial charge in [-0.15, -0.1) is 0 Å². The number of anilines is 1. The molecule has 0 radical (unpaired) electrons. The molecule has 0 spiro atoms. The van der Waals surface area contributed by atoms with Crippen LogP contribution in [0.3, 0.4) is 0 Å². The molecule has 1 aromatic rings. The normalized spacial score (nSPS) is 16.3. The zero-order valence-corrected chi connectivity index (χ0v) is 11.2. The predicted molar refractivity (Wildman–Crippen MR) is 72.6 cm³/mol. The standard InChI is InChI=1S/C15H20FNO2/c1-11-7-8-12(9-14(11)16)17-15(18)10-19-13-5-3-2-4-6-13/h7-9,13H,2-6,10H2,1H3,(H,17,18). The van der Waals surface area contributed by atoms with Gasteiger partial charge in [-0.05, 0) is 37.5 Å². The molecule has 1 aliphatic carbocycles. The smallest absolute Gasteiger partial charge is 0.250 e. The first-order valence-corrected chi connectivity index (χ1v) is 6.83. The van der Waals surface area contributed by atoms with E-state index in [2.05, 4.69) is 5.32 Å². The van der Waals surface area contributed by atoms with E-state index >= 15 is 0 Å². The fourth-order valence-electron chi connectivity index (χ4n) is 2.29. The molecule has 0 saturated heterocycles. The minimum absolute atomic E-state index is 0.0418. The van der Waals surface area contributed by atoms with Gasteiger partial charge in [0.25, 0.3) is 0 Å². The highest BCUT2D eigenvalue weighted by Gasteiger charge is 2.15. The zero-order chi connectivity index (χ0) is 13.7. The Morgan fingerprint density at radius 2 is 2.11 bits per heavy atom. The highest BCUT2D eigenvalue weighted by atomic mass is 19.1.